The molecule has 93 heavy (non-hydrogen) atoms. The number of sulfonamides is 1. The van der Waals surface area contributed by atoms with Gasteiger partial charge in [0, 0.05) is 87.7 Å². The Balaban J connectivity index is 0.901. The van der Waals surface area contributed by atoms with Crippen molar-refractivity contribution in [3.05, 3.63) is 189 Å². The first-order chi connectivity index (χ1) is 44.5. The van der Waals surface area contributed by atoms with E-state index in [9.17, 15) is 47.1 Å². The van der Waals surface area contributed by atoms with E-state index >= 15 is 0 Å². The molecule has 3 atom stereocenters. The molecule has 7 aromatic rings. The molecule has 0 bridgehead atoms. The van der Waals surface area contributed by atoms with Crippen molar-refractivity contribution in [1.82, 2.24) is 45.4 Å². The summed E-state index contributed by atoms with van der Waals surface area (Å²) in [7, 11) is -2.90. The Kier molecular flexibility index (Phi) is 25.9. The van der Waals surface area contributed by atoms with Crippen molar-refractivity contribution < 1.29 is 81.0 Å². The van der Waals surface area contributed by atoms with E-state index in [0.717, 1.165) is 22.3 Å². The Morgan fingerprint density at radius 2 is 1.29 bits per heavy atom. The summed E-state index contributed by atoms with van der Waals surface area (Å²) in [6, 6.07) is 33.9. The van der Waals surface area contributed by atoms with Crippen LogP contribution in [0.2, 0.25) is 0 Å². The molecule has 0 saturated heterocycles. The first-order valence-corrected chi connectivity index (χ1v) is 32.1. The molecule has 0 fully saturated rings. The third-order valence-electron chi connectivity index (χ3n) is 14.1. The standard InChI is InChI=1S/C62H72N10O18S3/c1-39-31-45(85-30-16-23-52(73)63-26-27-64-56(76)49(37-91-89-87-81)68-57(77)50(38-92-90-88-82)69-60(80)86-61(3,4)5)32-40(2)54(39)93(83,84)70-48(58(78)79)35-66-55(75)47-36-71(6)51-33-41(24-25-46(51)53(47)74)34-67-59-65-28-29-72(59)62(42-17-10-7-11-18-42,43-19-12-8-13-20-43)44-21-14-9-15-22-44/h7-15,17-22,24-25,28-29,31-33,36,48-50,70,81-82H,16,23,26-27,30,34-35,37-38H2,1-6H3,(H,63,73)(H,64,76)(H,65,67)(H,66,75)(H,68,77)(H,69,80)(H,78,79)/t48-,49-,50-/m0/s1. The number of amides is 5. The lowest BCUT2D eigenvalue weighted by molar-refractivity contribution is -0.432. The number of hydrogen-bond acceptors (Lipinski definition) is 21. The van der Waals surface area contributed by atoms with Crippen LogP contribution < -0.4 is 46.8 Å². The number of carbonyl (C=O) groups is 6. The number of aryl methyl sites for hydroxylation is 3. The van der Waals surface area contributed by atoms with Crippen LogP contribution in [0.1, 0.15) is 77.4 Å². The van der Waals surface area contributed by atoms with Crippen molar-refractivity contribution in [1.29, 1.82) is 0 Å². The lowest BCUT2D eigenvalue weighted by Gasteiger charge is -2.38. The number of carboxylic acids is 1. The second kappa shape index (κ2) is 33.6. The Morgan fingerprint density at radius 3 is 1.85 bits per heavy atom. The van der Waals surface area contributed by atoms with Crippen LogP contribution in [0.5, 0.6) is 5.75 Å². The van der Waals surface area contributed by atoms with Gasteiger partial charge < -0.3 is 51.0 Å². The summed E-state index contributed by atoms with van der Waals surface area (Å²) in [6.07, 6.45) is 4.21. The van der Waals surface area contributed by atoms with Crippen molar-refractivity contribution in [3.8, 4) is 5.75 Å². The van der Waals surface area contributed by atoms with Gasteiger partial charge >= 0.3 is 12.1 Å². The lowest BCUT2D eigenvalue weighted by Crippen LogP contribution is -2.56. The third-order valence-corrected chi connectivity index (χ3v) is 17.2. The van der Waals surface area contributed by atoms with E-state index in [-0.39, 0.29) is 76.8 Å². The predicted molar refractivity (Wildman–Crippen MR) is 344 cm³/mol. The Morgan fingerprint density at radius 1 is 0.720 bits per heavy atom. The minimum atomic E-state index is -4.56. The average Bonchev–Trinajstić information content (AvgIpc) is 1.73. The molecule has 0 aliphatic carbocycles. The number of pyridine rings is 1. The first kappa shape index (κ1) is 71.5. The van der Waals surface area contributed by atoms with Crippen LogP contribution in [0.25, 0.3) is 10.9 Å². The van der Waals surface area contributed by atoms with Gasteiger partial charge in [0.05, 0.1) is 28.5 Å². The van der Waals surface area contributed by atoms with E-state index in [0.29, 0.717) is 42.1 Å². The van der Waals surface area contributed by atoms with Crippen LogP contribution >= 0.6 is 24.1 Å². The van der Waals surface area contributed by atoms with Crippen LogP contribution in [0.3, 0.4) is 0 Å². The van der Waals surface area contributed by atoms with Crippen molar-refractivity contribution in [3.63, 3.8) is 0 Å². The van der Waals surface area contributed by atoms with Crippen LogP contribution in [0, 0.1) is 13.8 Å². The number of carboxylic acid groups (broad SMARTS) is 1. The number of alkyl carbamates (subject to hydrolysis) is 1. The topological polar surface area (TPSA) is 377 Å². The molecule has 0 aliphatic heterocycles. The molecular weight excluding hydrogens is 1270 g/mol. The maximum atomic E-state index is 14.0. The number of aliphatic carboxylic acids is 1. The molecule has 0 radical (unpaired) electrons. The summed E-state index contributed by atoms with van der Waals surface area (Å²) >= 11 is 0.902. The van der Waals surface area contributed by atoms with Gasteiger partial charge in [-0.05, 0) is 98.7 Å². The highest BCUT2D eigenvalue weighted by Gasteiger charge is 2.40. The first-order valence-electron chi connectivity index (χ1n) is 28.8. The molecular formula is C62H72N10O18S3. The minimum absolute atomic E-state index is 0.0167. The van der Waals surface area contributed by atoms with Gasteiger partial charge in [-0.3, -0.25) is 33.3 Å². The summed E-state index contributed by atoms with van der Waals surface area (Å²) in [5, 5.41) is 50.4. The van der Waals surface area contributed by atoms with E-state index < -0.39 is 87.0 Å². The number of imidazole rings is 1. The zero-order chi connectivity index (χ0) is 67.3. The van der Waals surface area contributed by atoms with E-state index in [4.69, 9.17) is 25.0 Å². The summed E-state index contributed by atoms with van der Waals surface area (Å²) in [6.45, 7) is 7.19. The Labute approximate surface area is 543 Å². The number of nitrogens with zero attached hydrogens (tertiary/aromatic N) is 3. The van der Waals surface area contributed by atoms with Gasteiger partial charge in [0.15, 0.2) is 0 Å². The molecule has 2 heterocycles. The second-order valence-corrected chi connectivity index (χ2v) is 25.0. The number of fused-ring (bicyclic) bond motifs is 1. The van der Waals surface area contributed by atoms with Gasteiger partial charge in [0.1, 0.15) is 40.6 Å². The summed E-state index contributed by atoms with van der Waals surface area (Å²) in [5.41, 5.74) is 2.04. The van der Waals surface area contributed by atoms with Crippen molar-refractivity contribution in [2.24, 2.45) is 7.05 Å². The number of rotatable bonds is 34. The van der Waals surface area contributed by atoms with Gasteiger partial charge in [-0.15, -0.1) is 8.67 Å². The van der Waals surface area contributed by atoms with Crippen LogP contribution in [0.15, 0.2) is 150 Å². The highest BCUT2D eigenvalue weighted by atomic mass is 32.2. The van der Waals surface area contributed by atoms with Gasteiger partial charge in [-0.25, -0.2) is 28.7 Å². The molecule has 496 valence electrons. The lowest BCUT2D eigenvalue weighted by atomic mass is 9.76. The summed E-state index contributed by atoms with van der Waals surface area (Å²) in [5.74, 6) is -4.39. The zero-order valence-corrected chi connectivity index (χ0v) is 53.9. The van der Waals surface area contributed by atoms with Crippen LogP contribution in [-0.2, 0) is 71.8 Å². The molecule has 2 aromatic heterocycles. The number of nitrogens with one attached hydrogen (secondary N) is 7. The van der Waals surface area contributed by atoms with Crippen molar-refractivity contribution >= 4 is 86.7 Å². The minimum Gasteiger partial charge on any atom is -0.494 e. The molecule has 0 spiro atoms. The second-order valence-electron chi connectivity index (χ2n) is 21.9. The molecule has 31 heteroatoms. The smallest absolute Gasteiger partial charge is 0.408 e. The van der Waals surface area contributed by atoms with E-state index in [1.54, 1.807) is 50.7 Å². The predicted octanol–water partition coefficient (Wildman–Crippen LogP) is 5.87. The van der Waals surface area contributed by atoms with Gasteiger partial charge in [0.25, 0.3) is 5.91 Å². The van der Waals surface area contributed by atoms with Crippen LogP contribution in [0.4, 0.5) is 10.7 Å². The van der Waals surface area contributed by atoms with Gasteiger partial charge in [0.2, 0.25) is 39.1 Å². The highest BCUT2D eigenvalue weighted by Crippen LogP contribution is 2.42. The quantitative estimate of drug-likeness (QED) is 0.00740. The summed E-state index contributed by atoms with van der Waals surface area (Å²) in [4.78, 5) is 96.1. The number of carbonyl (C=O) groups excluding carboxylic acids is 5. The van der Waals surface area contributed by atoms with Crippen LogP contribution in [-0.4, -0.2) is 135 Å². The fraction of sp³-hybridized carbons (Fsp3) is 0.323. The number of aromatic nitrogens is 3. The largest absolute Gasteiger partial charge is 0.494 e. The number of ether oxygens (including phenoxy) is 2. The third kappa shape index (κ3) is 19.3. The zero-order valence-electron chi connectivity index (χ0n) is 51.4. The number of hydrogen-bond donors (Lipinski definition) is 10. The SMILES string of the molecule is Cc1cc(OCCCC(=O)NCCNC(=O)[C@H](CSOOO)NC(=O)[C@H](CSOOO)NC(=O)OC(C)(C)C)cc(C)c1S(=O)(=O)N[C@@H](CNC(=O)c1cn(C)c2cc(CNc3nccn3C(c3ccccc3)(c3ccccc3)c3ccccc3)ccc2c1=O)C(=O)O. The fourth-order valence-electron chi connectivity index (χ4n) is 10.1. The Hall–Kier alpha value is -8.89. The van der Waals surface area contributed by atoms with Crippen molar-refractivity contribution in [2.45, 2.75) is 88.2 Å². The van der Waals surface area contributed by atoms with E-state index in [1.165, 1.54) is 32.2 Å². The highest BCUT2D eigenvalue weighted by molar-refractivity contribution is 7.94. The van der Waals surface area contributed by atoms with Crippen molar-refractivity contribution in [2.75, 3.05) is 43.1 Å². The molecule has 7 rings (SSSR count). The molecule has 0 aliphatic rings. The molecule has 5 aromatic carbocycles. The van der Waals surface area contributed by atoms with E-state index in [2.05, 4.69) is 96.3 Å². The Bertz CT molecular complexity index is 3780. The molecule has 0 unspecified atom stereocenters. The molecule has 5 amide bonds. The fourth-order valence-corrected chi connectivity index (χ4v) is 12.7. The maximum absolute atomic E-state index is 14.0. The number of benzene rings is 5. The monoisotopic (exact) mass is 1340 g/mol. The molecule has 10 N–H and O–H groups in total. The number of anilines is 1. The van der Waals surface area contributed by atoms with Gasteiger partial charge in [-0.2, -0.15) is 4.72 Å². The summed E-state index contributed by atoms with van der Waals surface area (Å²) < 4.78 is 53.3. The maximum Gasteiger partial charge on any atom is 0.408 e. The average molecular weight is 1340 g/mol. The van der Waals surface area contributed by atoms with E-state index in [1.807, 2.05) is 66.9 Å². The molecule has 28 nitrogen and oxygen atoms in total. The normalized spacial score (nSPS) is 12.6. The van der Waals surface area contributed by atoms with Gasteiger partial charge in [-0.1, -0.05) is 107 Å². The molecule has 0 saturated carbocycles.